The molecule has 1 aliphatic rings. The lowest BCUT2D eigenvalue weighted by Gasteiger charge is -2.22. The van der Waals surface area contributed by atoms with Gasteiger partial charge in [0.05, 0.1) is 5.69 Å². The van der Waals surface area contributed by atoms with Crippen molar-refractivity contribution < 1.29 is 4.39 Å². The summed E-state index contributed by atoms with van der Waals surface area (Å²) >= 11 is 0. The first-order valence-electron chi connectivity index (χ1n) is 16.1. The summed E-state index contributed by atoms with van der Waals surface area (Å²) in [6.45, 7) is 7.79. The SMILES string of the molecule is C=C/C(=C\C(=C/C)c1cnc2[nH]nc(-c3cc4c(-c5cc(F)cc(NCCN(C)C)c5)cccc4[nH]3)c2c1)CC1CCCCC1. The molecule has 1 saturated carbocycles. The molecule has 0 saturated heterocycles. The molecular weight excluding hydrogens is 559 g/mol. The zero-order chi connectivity index (χ0) is 31.3. The van der Waals surface area contributed by atoms with Crippen molar-refractivity contribution in [3.63, 3.8) is 0 Å². The van der Waals surface area contributed by atoms with Gasteiger partial charge in [-0.25, -0.2) is 9.37 Å². The molecule has 3 N–H and O–H groups in total. The van der Waals surface area contributed by atoms with Crippen LogP contribution in [0.3, 0.4) is 0 Å². The number of nitrogens with zero attached hydrogens (tertiary/aromatic N) is 3. The van der Waals surface area contributed by atoms with Crippen molar-refractivity contribution in [3.05, 3.63) is 96.5 Å². The molecule has 0 unspecified atom stereocenters. The predicted octanol–water partition coefficient (Wildman–Crippen LogP) is 9.37. The van der Waals surface area contributed by atoms with Gasteiger partial charge in [-0.3, -0.25) is 5.10 Å². The van der Waals surface area contributed by atoms with E-state index in [0.29, 0.717) is 0 Å². The minimum Gasteiger partial charge on any atom is -0.384 e. The number of fused-ring (bicyclic) bond motifs is 2. The lowest BCUT2D eigenvalue weighted by molar-refractivity contribution is 0.358. The second-order valence-electron chi connectivity index (χ2n) is 12.5. The van der Waals surface area contributed by atoms with E-state index in [-0.39, 0.29) is 5.82 Å². The van der Waals surface area contributed by atoms with E-state index in [1.165, 1.54) is 37.7 Å². The summed E-state index contributed by atoms with van der Waals surface area (Å²) in [5.41, 5.74) is 9.38. The molecule has 0 amide bonds. The van der Waals surface area contributed by atoms with Crippen LogP contribution in [0.2, 0.25) is 0 Å². The van der Waals surface area contributed by atoms with Crippen LogP contribution in [-0.4, -0.2) is 52.3 Å². The highest BCUT2D eigenvalue weighted by Gasteiger charge is 2.17. The Labute approximate surface area is 265 Å². The highest BCUT2D eigenvalue weighted by molar-refractivity contribution is 6.01. The zero-order valence-electron chi connectivity index (χ0n) is 26.6. The molecule has 1 fully saturated rings. The maximum absolute atomic E-state index is 14.8. The first-order valence-corrected chi connectivity index (χ1v) is 16.1. The number of rotatable bonds is 11. The molecule has 45 heavy (non-hydrogen) atoms. The van der Waals surface area contributed by atoms with E-state index in [1.807, 2.05) is 50.6 Å². The van der Waals surface area contributed by atoms with Crippen LogP contribution in [-0.2, 0) is 0 Å². The van der Waals surface area contributed by atoms with E-state index < -0.39 is 0 Å². The number of halogens is 1. The van der Waals surface area contributed by atoms with Crippen molar-refractivity contribution in [3.8, 4) is 22.5 Å². The monoisotopic (exact) mass is 602 g/mol. The number of nitrogens with one attached hydrogen (secondary N) is 3. The van der Waals surface area contributed by atoms with Crippen LogP contribution in [0, 0.1) is 11.7 Å². The van der Waals surface area contributed by atoms with Gasteiger partial charge in [-0.2, -0.15) is 5.10 Å². The van der Waals surface area contributed by atoms with Gasteiger partial charge in [0.2, 0.25) is 0 Å². The Morgan fingerprint density at radius 1 is 1.09 bits per heavy atom. The van der Waals surface area contributed by atoms with Crippen molar-refractivity contribution in [1.82, 2.24) is 25.1 Å². The number of pyridine rings is 1. The van der Waals surface area contributed by atoms with Gasteiger partial charge in [-0.05, 0) is 92.0 Å². The third-order valence-corrected chi connectivity index (χ3v) is 8.93. The average Bonchev–Trinajstić information content (AvgIpc) is 3.67. The van der Waals surface area contributed by atoms with Crippen LogP contribution in [0.5, 0.6) is 0 Å². The van der Waals surface area contributed by atoms with Crippen molar-refractivity contribution in [2.75, 3.05) is 32.5 Å². The Kier molecular flexibility index (Phi) is 9.26. The number of allylic oxidation sites excluding steroid dienone is 5. The van der Waals surface area contributed by atoms with Crippen molar-refractivity contribution in [2.45, 2.75) is 45.4 Å². The molecule has 0 bridgehead atoms. The summed E-state index contributed by atoms with van der Waals surface area (Å²) < 4.78 is 14.8. The van der Waals surface area contributed by atoms with E-state index in [9.17, 15) is 4.39 Å². The minimum atomic E-state index is -0.267. The molecule has 0 atom stereocenters. The Morgan fingerprint density at radius 2 is 1.93 bits per heavy atom. The van der Waals surface area contributed by atoms with Gasteiger partial charge >= 0.3 is 0 Å². The molecule has 0 spiro atoms. The summed E-state index contributed by atoms with van der Waals surface area (Å²) in [6, 6.07) is 15.5. The first kappa shape index (κ1) is 30.5. The molecule has 6 rings (SSSR count). The Hall–Kier alpha value is -4.49. The van der Waals surface area contributed by atoms with Crippen molar-refractivity contribution in [2.24, 2.45) is 5.92 Å². The number of hydrogen-bond acceptors (Lipinski definition) is 4. The number of hydrogen-bond donors (Lipinski definition) is 3. The molecule has 3 heterocycles. The first-order chi connectivity index (χ1) is 21.9. The molecule has 232 valence electrons. The Morgan fingerprint density at radius 3 is 2.71 bits per heavy atom. The van der Waals surface area contributed by atoms with E-state index >= 15 is 0 Å². The van der Waals surface area contributed by atoms with Crippen LogP contribution in [0.4, 0.5) is 10.1 Å². The van der Waals surface area contributed by atoms with Gasteiger partial charge < -0.3 is 15.2 Å². The van der Waals surface area contributed by atoms with Gasteiger partial charge in [0.25, 0.3) is 0 Å². The molecule has 0 aliphatic heterocycles. The van der Waals surface area contributed by atoms with E-state index in [0.717, 1.165) is 86.7 Å². The average molecular weight is 603 g/mol. The third-order valence-electron chi connectivity index (χ3n) is 8.93. The van der Waals surface area contributed by atoms with Gasteiger partial charge in [-0.15, -0.1) is 0 Å². The maximum Gasteiger partial charge on any atom is 0.155 e. The predicted molar refractivity (Wildman–Crippen MR) is 187 cm³/mol. The summed E-state index contributed by atoms with van der Waals surface area (Å²) in [7, 11) is 4.05. The fraction of sp³-hybridized carbons (Fsp3) is 0.316. The van der Waals surface area contributed by atoms with Crippen LogP contribution >= 0.6 is 0 Å². The maximum atomic E-state index is 14.8. The third kappa shape index (κ3) is 6.94. The fourth-order valence-corrected chi connectivity index (χ4v) is 6.53. The van der Waals surface area contributed by atoms with E-state index in [2.05, 4.69) is 63.2 Å². The topological polar surface area (TPSA) is 72.6 Å². The number of H-pyrrole nitrogens is 2. The van der Waals surface area contributed by atoms with Crippen LogP contribution in [0.15, 0.2) is 85.1 Å². The minimum absolute atomic E-state index is 0.267. The number of likely N-dealkylation sites (N-methyl/N-ethyl adjacent to an activating group) is 1. The quantitative estimate of drug-likeness (QED) is 0.132. The van der Waals surface area contributed by atoms with E-state index in [4.69, 9.17) is 4.98 Å². The molecule has 0 radical (unpaired) electrons. The second kappa shape index (κ2) is 13.7. The molecule has 6 nitrogen and oxygen atoms in total. The summed E-state index contributed by atoms with van der Waals surface area (Å²) in [4.78, 5) is 10.4. The number of anilines is 1. The van der Waals surface area contributed by atoms with Crippen molar-refractivity contribution in [1.29, 1.82) is 0 Å². The second-order valence-corrected chi connectivity index (χ2v) is 12.5. The van der Waals surface area contributed by atoms with Gasteiger partial charge in [0.15, 0.2) is 5.65 Å². The highest BCUT2D eigenvalue weighted by atomic mass is 19.1. The number of aromatic nitrogens is 4. The van der Waals surface area contributed by atoms with Gasteiger partial charge in [0.1, 0.15) is 11.5 Å². The Balaban J connectivity index is 1.33. The fourth-order valence-electron chi connectivity index (χ4n) is 6.53. The van der Waals surface area contributed by atoms with Crippen LogP contribution in [0.25, 0.3) is 50.0 Å². The molecule has 7 heteroatoms. The lowest BCUT2D eigenvalue weighted by atomic mass is 9.84. The summed E-state index contributed by atoms with van der Waals surface area (Å²) in [5, 5.41) is 13.1. The van der Waals surface area contributed by atoms with Gasteiger partial charge in [0, 0.05) is 46.8 Å². The number of benzene rings is 2. The smallest absolute Gasteiger partial charge is 0.155 e. The molecule has 5 aromatic rings. The molecule has 2 aromatic carbocycles. The normalized spacial score (nSPS) is 15.0. The molecule has 3 aromatic heterocycles. The van der Waals surface area contributed by atoms with Crippen molar-refractivity contribution >= 4 is 33.2 Å². The van der Waals surface area contributed by atoms with E-state index in [1.54, 1.807) is 12.1 Å². The van der Waals surface area contributed by atoms with Crippen LogP contribution < -0.4 is 5.32 Å². The lowest BCUT2D eigenvalue weighted by Crippen LogP contribution is -2.20. The molecule has 1 aliphatic carbocycles. The van der Waals surface area contributed by atoms with Crippen LogP contribution in [0.1, 0.15) is 51.0 Å². The summed E-state index contributed by atoms with van der Waals surface area (Å²) in [5.74, 6) is 0.476. The molecular formula is C38H43FN6. The number of aromatic amines is 2. The van der Waals surface area contributed by atoms with Gasteiger partial charge in [-0.1, -0.05) is 69.0 Å². The Bertz CT molecular complexity index is 1870. The largest absolute Gasteiger partial charge is 0.384 e. The summed E-state index contributed by atoms with van der Waals surface area (Å²) in [6.07, 6.45) is 16.1. The highest BCUT2D eigenvalue weighted by Crippen LogP contribution is 2.36. The zero-order valence-corrected chi connectivity index (χ0v) is 26.6. The standard InChI is InChI=1S/C38H43FN6/c1-5-25(17-26-11-8-7-9-12-26)18-27(6-2)29-21-34-37(43-44-38(34)41-24-29)36-23-33-32(13-10-14-35(33)42-36)28-19-30(39)22-31(20-28)40-15-16-45(3)4/h5-6,10,13-14,18-24,26,40,42H,1,7-9,11-12,15-17H2,2-4H3,(H,41,43,44)/b25-18+,27-6+.